The van der Waals surface area contributed by atoms with Crippen LogP contribution in [-0.4, -0.2) is 21.3 Å². The third-order valence-electron chi connectivity index (χ3n) is 1.66. The Bertz CT molecular complexity index is 206. The van der Waals surface area contributed by atoms with Gasteiger partial charge in [-0.2, -0.15) is 0 Å². The molecule has 0 fully saturated rings. The van der Waals surface area contributed by atoms with Gasteiger partial charge in [-0.05, 0) is 26.3 Å². The summed E-state index contributed by atoms with van der Waals surface area (Å²) >= 11 is 0. The predicted molar refractivity (Wildman–Crippen MR) is 43.0 cm³/mol. The van der Waals surface area contributed by atoms with Crippen molar-refractivity contribution in [2.24, 2.45) is 5.73 Å². The number of unbranched alkanes of at least 4 members (excludes halogenated alkanes) is 1. The molecule has 11 heavy (non-hydrogen) atoms. The molecular weight excluding hydrogens is 140 g/mol. The maximum absolute atomic E-state index is 5.37. The molecule has 0 atom stereocenters. The van der Waals surface area contributed by atoms with Crippen LogP contribution in [0.3, 0.4) is 0 Å². The number of aryl methyl sites for hydroxylation is 2. The van der Waals surface area contributed by atoms with Crippen LogP contribution in [0, 0.1) is 6.92 Å². The van der Waals surface area contributed by atoms with Crippen LogP contribution >= 0.6 is 0 Å². The number of nitrogens with two attached hydrogens (primary N) is 1. The van der Waals surface area contributed by atoms with E-state index in [0.717, 1.165) is 31.8 Å². The molecule has 1 aromatic heterocycles. The van der Waals surface area contributed by atoms with Crippen LogP contribution in [0.1, 0.15) is 18.7 Å². The van der Waals surface area contributed by atoms with E-state index in [1.807, 2.05) is 11.5 Å². The molecule has 2 N–H and O–H groups in total. The van der Waals surface area contributed by atoms with Crippen molar-refractivity contribution < 1.29 is 0 Å². The van der Waals surface area contributed by atoms with E-state index in [2.05, 4.69) is 10.2 Å². The molecule has 0 amide bonds. The second-order valence-electron chi connectivity index (χ2n) is 2.57. The fourth-order valence-electron chi connectivity index (χ4n) is 0.959. The van der Waals surface area contributed by atoms with Crippen LogP contribution in [0.2, 0.25) is 0 Å². The van der Waals surface area contributed by atoms with E-state index >= 15 is 0 Å². The highest BCUT2D eigenvalue weighted by atomic mass is 15.2. The van der Waals surface area contributed by atoms with Crippen LogP contribution in [0.5, 0.6) is 0 Å². The van der Waals surface area contributed by atoms with Crippen LogP contribution in [0.25, 0.3) is 0 Å². The lowest BCUT2D eigenvalue weighted by atomic mass is 10.3. The molecule has 4 nitrogen and oxygen atoms in total. The number of hydrogen-bond donors (Lipinski definition) is 1. The Morgan fingerprint density at radius 1 is 1.55 bits per heavy atom. The minimum atomic E-state index is 0.765. The molecule has 0 radical (unpaired) electrons. The van der Waals surface area contributed by atoms with Crippen LogP contribution in [-0.2, 0) is 6.54 Å². The summed E-state index contributed by atoms with van der Waals surface area (Å²) in [5, 5.41) is 7.66. The maximum Gasteiger partial charge on any atom is 0.129 e. The van der Waals surface area contributed by atoms with E-state index in [0.29, 0.717) is 0 Å². The molecule has 1 heterocycles. The summed E-state index contributed by atoms with van der Waals surface area (Å²) in [5.41, 5.74) is 5.37. The Labute approximate surface area is 66.4 Å². The van der Waals surface area contributed by atoms with Gasteiger partial charge in [0.15, 0.2) is 0 Å². The molecule has 0 saturated carbocycles. The van der Waals surface area contributed by atoms with E-state index in [1.165, 1.54) is 0 Å². The predicted octanol–water partition coefficient (Wildman–Crippen LogP) is 0.325. The van der Waals surface area contributed by atoms with Gasteiger partial charge in [0, 0.05) is 6.54 Å². The minimum Gasteiger partial charge on any atom is -0.330 e. The first-order chi connectivity index (χ1) is 5.34. The van der Waals surface area contributed by atoms with Gasteiger partial charge in [-0.25, -0.2) is 0 Å². The van der Waals surface area contributed by atoms with E-state index in [9.17, 15) is 0 Å². The lowest BCUT2D eigenvalue weighted by Gasteiger charge is -2.01. The summed E-state index contributed by atoms with van der Waals surface area (Å²) in [5.74, 6) is 0.974. The van der Waals surface area contributed by atoms with Gasteiger partial charge < -0.3 is 10.3 Å². The third kappa shape index (κ3) is 2.31. The Kier molecular flexibility index (Phi) is 3.04. The molecule has 4 heteroatoms. The Hall–Kier alpha value is -0.900. The van der Waals surface area contributed by atoms with Crippen molar-refractivity contribution in [1.82, 2.24) is 14.8 Å². The normalized spacial score (nSPS) is 10.4. The van der Waals surface area contributed by atoms with Crippen molar-refractivity contribution >= 4 is 0 Å². The van der Waals surface area contributed by atoms with Gasteiger partial charge in [0.1, 0.15) is 12.2 Å². The fourth-order valence-corrected chi connectivity index (χ4v) is 0.959. The topological polar surface area (TPSA) is 56.7 Å². The molecule has 1 aromatic rings. The second-order valence-corrected chi connectivity index (χ2v) is 2.57. The summed E-state index contributed by atoms with van der Waals surface area (Å²) in [6.45, 7) is 3.70. The molecule has 0 saturated heterocycles. The van der Waals surface area contributed by atoms with Gasteiger partial charge in [0.05, 0.1) is 0 Å². The van der Waals surface area contributed by atoms with Crippen LogP contribution in [0.15, 0.2) is 6.33 Å². The molecule has 62 valence electrons. The van der Waals surface area contributed by atoms with E-state index < -0.39 is 0 Å². The first-order valence-corrected chi connectivity index (χ1v) is 3.89. The van der Waals surface area contributed by atoms with Crippen molar-refractivity contribution in [1.29, 1.82) is 0 Å². The monoisotopic (exact) mass is 154 g/mol. The molecule has 0 bridgehead atoms. The standard InChI is InChI=1S/C7H14N4/c1-7-10-9-6-11(7)5-3-2-4-8/h6H,2-5,8H2,1H3. The summed E-state index contributed by atoms with van der Waals surface area (Å²) in [6, 6.07) is 0. The molecule has 0 aromatic carbocycles. The van der Waals surface area contributed by atoms with Crippen LogP contribution < -0.4 is 5.73 Å². The van der Waals surface area contributed by atoms with Crippen molar-refractivity contribution in [2.75, 3.05) is 6.54 Å². The van der Waals surface area contributed by atoms with Gasteiger partial charge in [0.25, 0.3) is 0 Å². The average Bonchev–Trinajstić information content (AvgIpc) is 2.37. The van der Waals surface area contributed by atoms with Gasteiger partial charge in [-0.15, -0.1) is 10.2 Å². The fraction of sp³-hybridized carbons (Fsp3) is 0.714. The lowest BCUT2D eigenvalue weighted by molar-refractivity contribution is 0.601. The summed E-state index contributed by atoms with van der Waals surface area (Å²) in [6.07, 6.45) is 3.93. The van der Waals surface area contributed by atoms with Crippen molar-refractivity contribution in [3.05, 3.63) is 12.2 Å². The zero-order valence-corrected chi connectivity index (χ0v) is 6.82. The van der Waals surface area contributed by atoms with Gasteiger partial charge in [0.2, 0.25) is 0 Å². The number of nitrogens with zero attached hydrogens (tertiary/aromatic N) is 3. The highest BCUT2D eigenvalue weighted by Gasteiger charge is 1.95. The molecule has 0 aliphatic heterocycles. The number of aromatic nitrogens is 3. The molecule has 0 spiro atoms. The van der Waals surface area contributed by atoms with Crippen molar-refractivity contribution in [3.63, 3.8) is 0 Å². The maximum atomic E-state index is 5.37. The first kappa shape index (κ1) is 8.20. The first-order valence-electron chi connectivity index (χ1n) is 3.89. The second kappa shape index (κ2) is 4.08. The third-order valence-corrected chi connectivity index (χ3v) is 1.66. The zero-order chi connectivity index (χ0) is 8.10. The van der Waals surface area contributed by atoms with Gasteiger partial charge in [-0.1, -0.05) is 0 Å². The summed E-state index contributed by atoms with van der Waals surface area (Å²) < 4.78 is 2.04. The highest BCUT2D eigenvalue weighted by Crippen LogP contribution is 1.96. The molecule has 0 aliphatic carbocycles. The van der Waals surface area contributed by atoms with Crippen LogP contribution in [0.4, 0.5) is 0 Å². The molecular formula is C7H14N4. The van der Waals surface area contributed by atoms with E-state index in [-0.39, 0.29) is 0 Å². The number of rotatable bonds is 4. The Morgan fingerprint density at radius 2 is 2.36 bits per heavy atom. The average molecular weight is 154 g/mol. The van der Waals surface area contributed by atoms with Crippen molar-refractivity contribution in [2.45, 2.75) is 26.3 Å². The van der Waals surface area contributed by atoms with Crippen molar-refractivity contribution in [3.8, 4) is 0 Å². The smallest absolute Gasteiger partial charge is 0.129 e. The largest absolute Gasteiger partial charge is 0.330 e. The molecule has 1 rings (SSSR count). The van der Waals surface area contributed by atoms with Gasteiger partial charge >= 0.3 is 0 Å². The quantitative estimate of drug-likeness (QED) is 0.636. The van der Waals surface area contributed by atoms with Gasteiger partial charge in [-0.3, -0.25) is 0 Å². The zero-order valence-electron chi connectivity index (χ0n) is 6.82. The summed E-state index contributed by atoms with van der Waals surface area (Å²) in [7, 11) is 0. The molecule has 0 unspecified atom stereocenters. The summed E-state index contributed by atoms with van der Waals surface area (Å²) in [4.78, 5) is 0. The lowest BCUT2D eigenvalue weighted by Crippen LogP contribution is -2.03. The Morgan fingerprint density at radius 3 is 2.91 bits per heavy atom. The minimum absolute atomic E-state index is 0.765. The number of hydrogen-bond acceptors (Lipinski definition) is 3. The highest BCUT2D eigenvalue weighted by molar-refractivity contribution is 4.79. The molecule has 0 aliphatic rings. The van der Waals surface area contributed by atoms with E-state index in [4.69, 9.17) is 5.73 Å². The van der Waals surface area contributed by atoms with E-state index in [1.54, 1.807) is 6.33 Å². The Balaban J connectivity index is 2.32. The SMILES string of the molecule is Cc1nncn1CCCCN.